The number of carbonyl (C=O) groups excluding carboxylic acids is 4. The van der Waals surface area contributed by atoms with Gasteiger partial charge in [-0.05, 0) is 30.2 Å². The fourth-order valence-corrected chi connectivity index (χ4v) is 3.92. The number of fused-ring (bicyclic) bond motifs is 1. The maximum atomic E-state index is 12.7. The van der Waals surface area contributed by atoms with Crippen LogP contribution in [0.5, 0.6) is 0 Å². The van der Waals surface area contributed by atoms with Crippen molar-refractivity contribution in [1.29, 1.82) is 0 Å². The maximum Gasteiger partial charge on any atom is 0.325 e. The van der Waals surface area contributed by atoms with Gasteiger partial charge in [0.15, 0.2) is 0 Å². The SMILES string of the molecule is CCc1cc2c(N(CC(=O)OC)CC(=O)OC)ccc(C(=O)C(N)=O)c2n1Cc1ccccc1. The quantitative estimate of drug-likeness (QED) is 0.276. The summed E-state index contributed by atoms with van der Waals surface area (Å²) in [5, 5.41) is 0.604. The molecule has 9 nitrogen and oxygen atoms in total. The third-order valence-corrected chi connectivity index (χ3v) is 5.57. The molecule has 3 aromatic rings. The first-order valence-corrected chi connectivity index (χ1v) is 10.7. The van der Waals surface area contributed by atoms with Crippen molar-refractivity contribution in [3.05, 3.63) is 65.4 Å². The van der Waals surface area contributed by atoms with Crippen LogP contribution in [0.25, 0.3) is 10.9 Å². The van der Waals surface area contributed by atoms with Gasteiger partial charge in [0.05, 0.1) is 25.3 Å². The van der Waals surface area contributed by atoms with Crippen molar-refractivity contribution in [2.24, 2.45) is 5.73 Å². The summed E-state index contributed by atoms with van der Waals surface area (Å²) in [6.07, 6.45) is 0.638. The molecule has 2 aromatic carbocycles. The molecular weight excluding hydrogens is 438 g/mol. The second-order valence-electron chi connectivity index (χ2n) is 7.66. The number of anilines is 1. The lowest BCUT2D eigenvalue weighted by Gasteiger charge is -2.24. The van der Waals surface area contributed by atoms with E-state index in [-0.39, 0.29) is 18.7 Å². The Morgan fingerprint density at radius 3 is 2.09 bits per heavy atom. The normalized spacial score (nSPS) is 10.7. The Labute approximate surface area is 197 Å². The maximum absolute atomic E-state index is 12.7. The molecule has 0 bridgehead atoms. The fraction of sp³-hybridized carbons (Fsp3) is 0.280. The molecule has 0 saturated carbocycles. The second-order valence-corrected chi connectivity index (χ2v) is 7.66. The summed E-state index contributed by atoms with van der Waals surface area (Å²) in [6, 6.07) is 14.7. The number of nitrogens with two attached hydrogens (primary N) is 1. The zero-order valence-corrected chi connectivity index (χ0v) is 19.4. The first-order valence-electron chi connectivity index (χ1n) is 10.7. The molecule has 9 heteroatoms. The van der Waals surface area contributed by atoms with Crippen LogP contribution in [0.3, 0.4) is 0 Å². The minimum Gasteiger partial charge on any atom is -0.468 e. The largest absolute Gasteiger partial charge is 0.468 e. The van der Waals surface area contributed by atoms with Gasteiger partial charge < -0.3 is 24.7 Å². The van der Waals surface area contributed by atoms with E-state index in [0.717, 1.165) is 11.3 Å². The highest BCUT2D eigenvalue weighted by Gasteiger charge is 2.25. The Morgan fingerprint density at radius 2 is 1.56 bits per heavy atom. The monoisotopic (exact) mass is 465 g/mol. The van der Waals surface area contributed by atoms with E-state index in [4.69, 9.17) is 15.2 Å². The van der Waals surface area contributed by atoms with Crippen LogP contribution in [-0.4, -0.2) is 55.5 Å². The van der Waals surface area contributed by atoms with Crippen molar-refractivity contribution >= 4 is 40.2 Å². The molecule has 0 atom stereocenters. The number of ether oxygens (including phenoxy) is 2. The van der Waals surface area contributed by atoms with Gasteiger partial charge in [-0.3, -0.25) is 19.2 Å². The van der Waals surface area contributed by atoms with Crippen LogP contribution in [0.15, 0.2) is 48.5 Å². The minimum absolute atomic E-state index is 0.151. The number of nitrogens with zero attached hydrogens (tertiary/aromatic N) is 2. The molecule has 0 fully saturated rings. The molecule has 0 aliphatic heterocycles. The van der Waals surface area contributed by atoms with Gasteiger partial charge >= 0.3 is 11.9 Å². The third kappa shape index (κ3) is 5.09. The van der Waals surface area contributed by atoms with E-state index in [1.54, 1.807) is 6.07 Å². The number of aryl methyl sites for hydroxylation is 1. The highest BCUT2D eigenvalue weighted by Crippen LogP contribution is 2.34. The summed E-state index contributed by atoms with van der Waals surface area (Å²) < 4.78 is 11.6. The molecule has 0 saturated heterocycles. The van der Waals surface area contributed by atoms with Gasteiger partial charge in [0, 0.05) is 23.3 Å². The van der Waals surface area contributed by atoms with E-state index < -0.39 is 23.6 Å². The molecule has 0 spiro atoms. The van der Waals surface area contributed by atoms with E-state index in [1.165, 1.54) is 25.2 Å². The van der Waals surface area contributed by atoms with Crippen LogP contribution in [0, 0.1) is 0 Å². The van der Waals surface area contributed by atoms with E-state index in [0.29, 0.717) is 29.6 Å². The highest BCUT2D eigenvalue weighted by molar-refractivity contribution is 6.44. The average Bonchev–Trinajstić information content (AvgIpc) is 3.21. The van der Waals surface area contributed by atoms with Crippen molar-refractivity contribution in [3.8, 4) is 0 Å². The number of carbonyl (C=O) groups is 4. The lowest BCUT2D eigenvalue weighted by Crippen LogP contribution is -2.35. The summed E-state index contributed by atoms with van der Waals surface area (Å²) in [5.74, 6) is -2.98. The van der Waals surface area contributed by atoms with Crippen LogP contribution >= 0.6 is 0 Å². The molecule has 3 rings (SSSR count). The lowest BCUT2D eigenvalue weighted by atomic mass is 10.0. The molecular formula is C25H27N3O6. The molecule has 0 radical (unpaired) electrons. The number of Topliss-reactive ketones (excluding diaryl/α,β-unsaturated/α-hetero) is 1. The van der Waals surface area contributed by atoms with Crippen molar-refractivity contribution in [3.63, 3.8) is 0 Å². The van der Waals surface area contributed by atoms with Crippen molar-refractivity contribution in [2.75, 3.05) is 32.2 Å². The molecule has 1 aromatic heterocycles. The van der Waals surface area contributed by atoms with Crippen LogP contribution in [0.4, 0.5) is 5.69 Å². The molecule has 0 aliphatic rings. The number of aromatic nitrogens is 1. The van der Waals surface area contributed by atoms with Crippen molar-refractivity contribution in [1.82, 2.24) is 4.57 Å². The van der Waals surface area contributed by atoms with Crippen LogP contribution < -0.4 is 10.6 Å². The number of benzene rings is 2. The lowest BCUT2D eigenvalue weighted by molar-refractivity contribution is -0.140. The zero-order chi connectivity index (χ0) is 24.8. The van der Waals surface area contributed by atoms with Crippen LogP contribution in [-0.2, 0) is 36.8 Å². The van der Waals surface area contributed by atoms with Crippen LogP contribution in [0.1, 0.15) is 28.5 Å². The zero-order valence-electron chi connectivity index (χ0n) is 19.4. The number of amides is 1. The molecule has 178 valence electrons. The molecule has 0 aliphatic carbocycles. The van der Waals surface area contributed by atoms with Gasteiger partial charge in [-0.2, -0.15) is 0 Å². The Bertz CT molecular complexity index is 1210. The molecule has 1 heterocycles. The Hall–Kier alpha value is -4.14. The summed E-state index contributed by atoms with van der Waals surface area (Å²) in [5.41, 5.74) is 8.41. The summed E-state index contributed by atoms with van der Waals surface area (Å²) >= 11 is 0. The average molecular weight is 466 g/mol. The number of hydrogen-bond acceptors (Lipinski definition) is 7. The van der Waals surface area contributed by atoms with Gasteiger partial charge in [0.25, 0.3) is 11.7 Å². The summed E-state index contributed by atoms with van der Waals surface area (Å²) in [7, 11) is 2.52. The van der Waals surface area contributed by atoms with E-state index in [1.807, 2.05) is 47.9 Å². The first kappa shape index (κ1) is 24.5. The van der Waals surface area contributed by atoms with Gasteiger partial charge in [-0.25, -0.2) is 0 Å². The van der Waals surface area contributed by atoms with Gasteiger partial charge in [-0.1, -0.05) is 37.3 Å². The molecule has 0 unspecified atom stereocenters. The number of ketones is 1. The topological polar surface area (TPSA) is 121 Å². The number of hydrogen-bond donors (Lipinski definition) is 1. The van der Waals surface area contributed by atoms with Gasteiger partial charge in [-0.15, -0.1) is 0 Å². The van der Waals surface area contributed by atoms with Gasteiger partial charge in [0.1, 0.15) is 13.1 Å². The summed E-state index contributed by atoms with van der Waals surface area (Å²) in [6.45, 7) is 2.00. The van der Waals surface area contributed by atoms with Crippen molar-refractivity contribution in [2.45, 2.75) is 19.9 Å². The molecule has 34 heavy (non-hydrogen) atoms. The smallest absolute Gasteiger partial charge is 0.325 e. The predicted octanol–water partition coefficient (Wildman–Crippen LogP) is 2.07. The first-order chi connectivity index (χ1) is 16.3. The Kier molecular flexibility index (Phi) is 7.68. The molecule has 2 N–H and O–H groups in total. The van der Waals surface area contributed by atoms with E-state index in [9.17, 15) is 19.2 Å². The highest BCUT2D eigenvalue weighted by atomic mass is 16.5. The summed E-state index contributed by atoms with van der Waals surface area (Å²) in [4.78, 5) is 50.3. The minimum atomic E-state index is -1.07. The third-order valence-electron chi connectivity index (χ3n) is 5.57. The van der Waals surface area contributed by atoms with Crippen molar-refractivity contribution < 1.29 is 28.7 Å². The standard InChI is InChI=1S/C25H27N3O6/c1-4-17-12-19-20(27(14-21(29)33-2)15-22(30)34-3)11-10-18(24(31)25(26)32)23(19)28(17)13-16-8-6-5-7-9-16/h5-12H,4,13-15H2,1-3H3,(H2,26,32). The Morgan fingerprint density at radius 1 is 0.941 bits per heavy atom. The Balaban J connectivity index is 2.29. The number of rotatable bonds is 10. The predicted molar refractivity (Wildman–Crippen MR) is 127 cm³/mol. The van der Waals surface area contributed by atoms with E-state index >= 15 is 0 Å². The van der Waals surface area contributed by atoms with Gasteiger partial charge in [0.2, 0.25) is 0 Å². The number of primary amides is 1. The van der Waals surface area contributed by atoms with Crippen LogP contribution in [0.2, 0.25) is 0 Å². The second kappa shape index (κ2) is 10.7. The molecule has 1 amide bonds. The fourth-order valence-electron chi connectivity index (χ4n) is 3.92. The number of esters is 2. The van der Waals surface area contributed by atoms with E-state index in [2.05, 4.69) is 0 Å². The number of methoxy groups -OCH3 is 2.